The SMILES string of the molecule is NCc1ccc(S(=O)c2cccc(-c3ccccc3)c2)s1. The van der Waals surface area contributed by atoms with Gasteiger partial charge in [-0.25, -0.2) is 4.21 Å². The molecule has 0 spiro atoms. The molecule has 21 heavy (non-hydrogen) atoms. The first kappa shape index (κ1) is 14.2. The summed E-state index contributed by atoms with van der Waals surface area (Å²) in [6.45, 7) is 0.492. The van der Waals surface area contributed by atoms with Gasteiger partial charge in [0.15, 0.2) is 0 Å². The van der Waals surface area contributed by atoms with Crippen LogP contribution in [-0.2, 0) is 17.3 Å². The van der Waals surface area contributed by atoms with Crippen molar-refractivity contribution in [2.24, 2.45) is 5.73 Å². The van der Waals surface area contributed by atoms with E-state index < -0.39 is 10.8 Å². The largest absolute Gasteiger partial charge is 0.326 e. The minimum atomic E-state index is -1.15. The molecule has 1 unspecified atom stereocenters. The van der Waals surface area contributed by atoms with Gasteiger partial charge in [-0.2, -0.15) is 0 Å². The van der Waals surface area contributed by atoms with E-state index in [4.69, 9.17) is 5.73 Å². The highest BCUT2D eigenvalue weighted by Crippen LogP contribution is 2.27. The predicted molar refractivity (Wildman–Crippen MR) is 88.8 cm³/mol. The molecule has 3 rings (SSSR count). The molecule has 0 amide bonds. The van der Waals surface area contributed by atoms with Gasteiger partial charge in [-0.05, 0) is 35.4 Å². The highest BCUT2D eigenvalue weighted by Gasteiger charge is 2.11. The first-order valence-electron chi connectivity index (χ1n) is 6.64. The lowest BCUT2D eigenvalue weighted by Crippen LogP contribution is -1.92. The Bertz CT molecular complexity index is 765. The summed E-state index contributed by atoms with van der Waals surface area (Å²) in [5.74, 6) is 0. The lowest BCUT2D eigenvalue weighted by molar-refractivity contribution is 0.684. The van der Waals surface area contributed by atoms with Gasteiger partial charge in [-0.1, -0.05) is 42.5 Å². The summed E-state index contributed by atoms with van der Waals surface area (Å²) >= 11 is 1.51. The Morgan fingerprint density at radius 3 is 2.38 bits per heavy atom. The van der Waals surface area contributed by atoms with Crippen molar-refractivity contribution < 1.29 is 4.21 Å². The summed E-state index contributed by atoms with van der Waals surface area (Å²) in [6.07, 6.45) is 0. The normalized spacial score (nSPS) is 12.2. The van der Waals surface area contributed by atoms with Crippen LogP contribution in [0.5, 0.6) is 0 Å². The maximum atomic E-state index is 12.6. The van der Waals surface area contributed by atoms with Crippen LogP contribution in [0.25, 0.3) is 11.1 Å². The predicted octanol–water partition coefficient (Wildman–Crippen LogP) is 4.04. The highest BCUT2D eigenvalue weighted by atomic mass is 32.2. The molecule has 3 aromatic rings. The topological polar surface area (TPSA) is 43.1 Å². The zero-order valence-corrected chi connectivity index (χ0v) is 13.0. The summed E-state index contributed by atoms with van der Waals surface area (Å²) in [7, 11) is -1.15. The van der Waals surface area contributed by atoms with Crippen molar-refractivity contribution in [1.29, 1.82) is 0 Å². The standard InChI is InChI=1S/C17H15NOS2/c18-12-15-9-10-17(20-15)21(19)16-8-4-7-14(11-16)13-5-2-1-3-6-13/h1-11H,12,18H2. The maximum absolute atomic E-state index is 12.6. The second kappa shape index (κ2) is 6.35. The third-order valence-electron chi connectivity index (χ3n) is 3.18. The van der Waals surface area contributed by atoms with Crippen LogP contribution in [0.4, 0.5) is 0 Å². The molecule has 1 aromatic heterocycles. The van der Waals surface area contributed by atoms with E-state index in [0.29, 0.717) is 6.54 Å². The van der Waals surface area contributed by atoms with Crippen LogP contribution in [0.3, 0.4) is 0 Å². The molecule has 0 aliphatic carbocycles. The lowest BCUT2D eigenvalue weighted by atomic mass is 10.1. The summed E-state index contributed by atoms with van der Waals surface area (Å²) in [5.41, 5.74) is 7.82. The van der Waals surface area contributed by atoms with Crippen molar-refractivity contribution in [2.75, 3.05) is 0 Å². The molecule has 0 aliphatic heterocycles. The van der Waals surface area contributed by atoms with E-state index in [1.165, 1.54) is 11.3 Å². The first-order chi connectivity index (χ1) is 10.3. The van der Waals surface area contributed by atoms with E-state index in [1.54, 1.807) is 0 Å². The van der Waals surface area contributed by atoms with Gasteiger partial charge in [0.1, 0.15) is 0 Å². The number of benzene rings is 2. The minimum absolute atomic E-state index is 0.492. The van der Waals surface area contributed by atoms with Gasteiger partial charge in [0.25, 0.3) is 0 Å². The number of nitrogens with two attached hydrogens (primary N) is 1. The van der Waals surface area contributed by atoms with Gasteiger partial charge in [0.05, 0.1) is 15.0 Å². The van der Waals surface area contributed by atoms with Crippen molar-refractivity contribution >= 4 is 22.1 Å². The second-order valence-corrected chi connectivity index (χ2v) is 7.46. The molecule has 2 N–H and O–H groups in total. The molecule has 0 radical (unpaired) electrons. The summed E-state index contributed by atoms with van der Waals surface area (Å²) < 4.78 is 13.5. The molecule has 0 saturated heterocycles. The Morgan fingerprint density at radius 1 is 0.905 bits per heavy atom. The fourth-order valence-electron chi connectivity index (χ4n) is 2.11. The van der Waals surface area contributed by atoms with Gasteiger partial charge >= 0.3 is 0 Å². The van der Waals surface area contributed by atoms with Crippen molar-refractivity contribution in [3.63, 3.8) is 0 Å². The molecule has 2 nitrogen and oxygen atoms in total. The fourth-order valence-corrected chi connectivity index (χ4v) is 4.49. The van der Waals surface area contributed by atoms with Crippen LogP contribution in [-0.4, -0.2) is 4.21 Å². The number of hydrogen-bond acceptors (Lipinski definition) is 3. The van der Waals surface area contributed by atoms with E-state index in [1.807, 2.05) is 54.6 Å². The lowest BCUT2D eigenvalue weighted by Gasteiger charge is -2.04. The van der Waals surface area contributed by atoms with Crippen molar-refractivity contribution in [2.45, 2.75) is 15.6 Å². The van der Waals surface area contributed by atoms with Crippen molar-refractivity contribution in [3.8, 4) is 11.1 Å². The van der Waals surface area contributed by atoms with E-state index >= 15 is 0 Å². The Labute approximate surface area is 130 Å². The molecule has 106 valence electrons. The van der Waals surface area contributed by atoms with Gasteiger partial charge in [0.2, 0.25) is 0 Å². The molecule has 0 bridgehead atoms. The van der Waals surface area contributed by atoms with Gasteiger partial charge in [0, 0.05) is 16.3 Å². The van der Waals surface area contributed by atoms with Gasteiger partial charge in [-0.3, -0.25) is 0 Å². The van der Waals surface area contributed by atoms with E-state index in [9.17, 15) is 4.21 Å². The van der Waals surface area contributed by atoms with Crippen molar-refractivity contribution in [1.82, 2.24) is 0 Å². The fraction of sp³-hybridized carbons (Fsp3) is 0.0588. The minimum Gasteiger partial charge on any atom is -0.326 e. The van der Waals surface area contributed by atoms with Crippen LogP contribution < -0.4 is 5.73 Å². The number of rotatable bonds is 4. The first-order valence-corrected chi connectivity index (χ1v) is 8.60. The molecule has 0 fully saturated rings. The Balaban J connectivity index is 1.94. The number of hydrogen-bond donors (Lipinski definition) is 1. The van der Waals surface area contributed by atoms with Gasteiger partial charge in [-0.15, -0.1) is 11.3 Å². The van der Waals surface area contributed by atoms with E-state index in [0.717, 1.165) is 25.1 Å². The molecular formula is C17H15NOS2. The summed E-state index contributed by atoms with van der Waals surface area (Å²) in [4.78, 5) is 1.87. The zero-order chi connectivity index (χ0) is 14.7. The zero-order valence-electron chi connectivity index (χ0n) is 11.4. The molecular weight excluding hydrogens is 298 g/mol. The monoisotopic (exact) mass is 313 g/mol. The van der Waals surface area contributed by atoms with Crippen LogP contribution in [0.15, 0.2) is 75.8 Å². The quantitative estimate of drug-likeness (QED) is 0.790. The molecule has 1 heterocycles. The van der Waals surface area contributed by atoms with Crippen molar-refractivity contribution in [3.05, 3.63) is 71.6 Å². The Kier molecular flexibility index (Phi) is 4.29. The smallest absolute Gasteiger partial charge is 0.0963 e. The van der Waals surface area contributed by atoms with E-state index in [-0.39, 0.29) is 0 Å². The molecule has 4 heteroatoms. The third-order valence-corrected chi connectivity index (χ3v) is 5.97. The number of thiophene rings is 1. The molecule has 2 aromatic carbocycles. The summed E-state index contributed by atoms with van der Waals surface area (Å²) in [5, 5.41) is 0. The van der Waals surface area contributed by atoms with Crippen LogP contribution in [0.1, 0.15) is 4.88 Å². The average Bonchev–Trinajstić information content (AvgIpc) is 3.04. The molecule has 1 atom stereocenters. The van der Waals surface area contributed by atoms with E-state index in [2.05, 4.69) is 12.1 Å². The highest BCUT2D eigenvalue weighted by molar-refractivity contribution is 7.87. The average molecular weight is 313 g/mol. The maximum Gasteiger partial charge on any atom is 0.0963 e. The van der Waals surface area contributed by atoms with Crippen LogP contribution >= 0.6 is 11.3 Å². The Morgan fingerprint density at radius 2 is 1.67 bits per heavy atom. The Hall–Kier alpha value is -1.75. The van der Waals surface area contributed by atoms with Crippen LogP contribution in [0, 0.1) is 0 Å². The molecule has 0 aliphatic rings. The summed E-state index contributed by atoms with van der Waals surface area (Å²) in [6, 6.07) is 21.8. The third kappa shape index (κ3) is 3.13. The van der Waals surface area contributed by atoms with Crippen LogP contribution in [0.2, 0.25) is 0 Å². The van der Waals surface area contributed by atoms with Gasteiger partial charge < -0.3 is 5.73 Å². The molecule has 0 saturated carbocycles. The second-order valence-electron chi connectivity index (χ2n) is 4.59.